The summed E-state index contributed by atoms with van der Waals surface area (Å²) in [5, 5.41) is 0. The van der Waals surface area contributed by atoms with E-state index in [1.165, 1.54) is 0 Å². The molecule has 0 radical (unpaired) electrons. The highest BCUT2D eigenvalue weighted by molar-refractivity contribution is 9.10. The van der Waals surface area contributed by atoms with Gasteiger partial charge in [0.1, 0.15) is 11.4 Å². The molecule has 0 spiro atoms. The number of hydrogen-bond acceptors (Lipinski definition) is 4. The summed E-state index contributed by atoms with van der Waals surface area (Å²) in [4.78, 5) is 14.2. The van der Waals surface area contributed by atoms with Gasteiger partial charge in [-0.2, -0.15) is 13.2 Å². The lowest BCUT2D eigenvalue weighted by Crippen LogP contribution is -2.14. The summed E-state index contributed by atoms with van der Waals surface area (Å²) in [5.41, 5.74) is 3.83. The predicted octanol–water partition coefficient (Wildman–Crippen LogP) is 2.23. The number of methoxy groups -OCH3 is 1. The first kappa shape index (κ1) is 12.8. The van der Waals surface area contributed by atoms with E-state index >= 15 is 0 Å². The molecule has 0 atom stereocenters. The van der Waals surface area contributed by atoms with E-state index in [2.05, 4.69) is 25.7 Å². The van der Waals surface area contributed by atoms with Gasteiger partial charge in [-0.1, -0.05) is 0 Å². The SMILES string of the molecule is COC(=O)c1cc(Br)c(C(F)(F)F)nc1N. The molecule has 0 fully saturated rings. The highest BCUT2D eigenvalue weighted by Gasteiger charge is 2.36. The van der Waals surface area contributed by atoms with E-state index < -0.39 is 23.7 Å². The van der Waals surface area contributed by atoms with Crippen LogP contribution in [0.1, 0.15) is 16.1 Å². The monoisotopic (exact) mass is 298 g/mol. The molecule has 1 aromatic heterocycles. The van der Waals surface area contributed by atoms with Crippen molar-refractivity contribution in [2.75, 3.05) is 12.8 Å². The third kappa shape index (κ3) is 2.43. The van der Waals surface area contributed by atoms with Gasteiger partial charge in [-0.3, -0.25) is 0 Å². The second-order valence-corrected chi connectivity index (χ2v) is 3.60. The van der Waals surface area contributed by atoms with Crippen molar-refractivity contribution >= 4 is 27.7 Å². The van der Waals surface area contributed by atoms with Crippen LogP contribution in [-0.2, 0) is 10.9 Å². The number of alkyl halides is 3. The van der Waals surface area contributed by atoms with Crippen molar-refractivity contribution in [3.8, 4) is 0 Å². The zero-order valence-electron chi connectivity index (χ0n) is 7.93. The van der Waals surface area contributed by atoms with E-state index in [1.807, 2.05) is 0 Å². The summed E-state index contributed by atoms with van der Waals surface area (Å²) in [6, 6.07) is 0.928. The number of halogens is 4. The Bertz CT molecular complexity index is 434. The van der Waals surface area contributed by atoms with Crippen LogP contribution < -0.4 is 5.73 Å². The zero-order valence-corrected chi connectivity index (χ0v) is 9.52. The largest absolute Gasteiger partial charge is 0.465 e. The average molecular weight is 299 g/mol. The number of pyridine rings is 1. The second-order valence-electron chi connectivity index (χ2n) is 2.74. The Hall–Kier alpha value is -1.31. The molecule has 1 heterocycles. The van der Waals surface area contributed by atoms with E-state index in [0.717, 1.165) is 13.2 Å². The number of anilines is 1. The van der Waals surface area contributed by atoms with Gasteiger partial charge >= 0.3 is 12.1 Å². The molecule has 0 bridgehead atoms. The quantitative estimate of drug-likeness (QED) is 0.808. The Labute approximate surface area is 96.7 Å². The summed E-state index contributed by atoms with van der Waals surface area (Å²) >= 11 is 2.67. The molecule has 1 rings (SSSR count). The number of carbonyl (C=O) groups excluding carboxylic acids is 1. The smallest absolute Gasteiger partial charge is 0.434 e. The minimum atomic E-state index is -4.64. The van der Waals surface area contributed by atoms with Gasteiger partial charge in [-0.15, -0.1) is 0 Å². The van der Waals surface area contributed by atoms with Gasteiger partial charge in [-0.05, 0) is 22.0 Å². The molecule has 0 aromatic carbocycles. The van der Waals surface area contributed by atoms with Crippen molar-refractivity contribution in [3.63, 3.8) is 0 Å². The molecule has 4 nitrogen and oxygen atoms in total. The number of nitrogens with two attached hydrogens (primary N) is 1. The topological polar surface area (TPSA) is 65.2 Å². The molecule has 0 aliphatic heterocycles. The van der Waals surface area contributed by atoms with Crippen LogP contribution in [0.5, 0.6) is 0 Å². The summed E-state index contributed by atoms with van der Waals surface area (Å²) in [5.74, 6) is -1.37. The fourth-order valence-corrected chi connectivity index (χ4v) is 1.52. The highest BCUT2D eigenvalue weighted by atomic mass is 79.9. The van der Waals surface area contributed by atoms with Crippen molar-refractivity contribution in [2.24, 2.45) is 0 Å². The summed E-state index contributed by atoms with van der Waals surface area (Å²) in [6.07, 6.45) is -4.64. The minimum Gasteiger partial charge on any atom is -0.465 e. The summed E-state index contributed by atoms with van der Waals surface area (Å²) < 4.78 is 41.1. The third-order valence-electron chi connectivity index (χ3n) is 1.68. The number of nitrogens with zero attached hydrogens (tertiary/aromatic N) is 1. The van der Waals surface area contributed by atoms with E-state index in [9.17, 15) is 18.0 Å². The Kier molecular flexibility index (Phi) is 3.41. The highest BCUT2D eigenvalue weighted by Crippen LogP contribution is 2.34. The predicted molar refractivity (Wildman–Crippen MR) is 52.7 cm³/mol. The molecule has 1 aromatic rings. The molecule has 0 amide bonds. The van der Waals surface area contributed by atoms with Crippen LogP contribution in [0.3, 0.4) is 0 Å². The van der Waals surface area contributed by atoms with Crippen LogP contribution in [0.4, 0.5) is 19.0 Å². The Morgan fingerprint density at radius 3 is 2.56 bits per heavy atom. The molecule has 0 unspecified atom stereocenters. The van der Waals surface area contributed by atoms with Crippen LogP contribution in [-0.4, -0.2) is 18.1 Å². The molecule has 16 heavy (non-hydrogen) atoms. The van der Waals surface area contributed by atoms with Crippen molar-refractivity contribution in [2.45, 2.75) is 6.18 Å². The molecule has 0 saturated carbocycles. The van der Waals surface area contributed by atoms with E-state index in [0.29, 0.717) is 0 Å². The number of nitrogen functional groups attached to an aromatic ring is 1. The molecule has 88 valence electrons. The molecule has 0 aliphatic carbocycles. The zero-order chi connectivity index (χ0) is 12.5. The Balaban J connectivity index is 3.33. The first-order chi connectivity index (χ1) is 7.27. The normalized spacial score (nSPS) is 11.3. The van der Waals surface area contributed by atoms with Crippen LogP contribution in [0.2, 0.25) is 0 Å². The van der Waals surface area contributed by atoms with E-state index in [4.69, 9.17) is 5.73 Å². The standard InChI is InChI=1S/C8H6BrF3N2O2/c1-16-7(15)3-2-4(9)5(8(10,11)12)14-6(3)13/h2H,1H3,(H2,13,14). The van der Waals surface area contributed by atoms with Crippen molar-refractivity contribution in [3.05, 3.63) is 21.8 Å². The first-order valence-corrected chi connectivity index (χ1v) is 4.68. The fourth-order valence-electron chi connectivity index (χ4n) is 0.975. The summed E-state index contributed by atoms with van der Waals surface area (Å²) in [6.45, 7) is 0. The number of carbonyl (C=O) groups is 1. The van der Waals surface area contributed by atoms with Gasteiger partial charge in [0.25, 0.3) is 0 Å². The molecular weight excluding hydrogens is 293 g/mol. The maximum atomic E-state index is 12.4. The van der Waals surface area contributed by atoms with Gasteiger partial charge in [0.2, 0.25) is 0 Å². The lowest BCUT2D eigenvalue weighted by molar-refractivity contribution is -0.141. The van der Waals surface area contributed by atoms with Crippen LogP contribution in [0, 0.1) is 0 Å². The van der Waals surface area contributed by atoms with Crippen molar-refractivity contribution in [1.82, 2.24) is 4.98 Å². The van der Waals surface area contributed by atoms with Gasteiger partial charge < -0.3 is 10.5 Å². The van der Waals surface area contributed by atoms with E-state index in [-0.39, 0.29) is 10.0 Å². The fraction of sp³-hybridized carbons (Fsp3) is 0.250. The van der Waals surface area contributed by atoms with Crippen LogP contribution >= 0.6 is 15.9 Å². The molecule has 0 saturated heterocycles. The molecule has 0 aliphatic rings. The lowest BCUT2D eigenvalue weighted by atomic mass is 10.2. The van der Waals surface area contributed by atoms with Crippen LogP contribution in [0.15, 0.2) is 10.5 Å². The van der Waals surface area contributed by atoms with Crippen molar-refractivity contribution < 1.29 is 22.7 Å². The van der Waals surface area contributed by atoms with Gasteiger partial charge in [0.05, 0.1) is 7.11 Å². The van der Waals surface area contributed by atoms with E-state index in [1.54, 1.807) is 0 Å². The third-order valence-corrected chi connectivity index (χ3v) is 2.28. The number of ether oxygens (including phenoxy) is 1. The minimum absolute atomic E-state index is 0.220. The van der Waals surface area contributed by atoms with Gasteiger partial charge in [0.15, 0.2) is 5.69 Å². The summed E-state index contributed by atoms with van der Waals surface area (Å²) in [7, 11) is 1.09. The Morgan fingerprint density at radius 2 is 2.12 bits per heavy atom. The second kappa shape index (κ2) is 4.28. The lowest BCUT2D eigenvalue weighted by Gasteiger charge is -2.10. The first-order valence-electron chi connectivity index (χ1n) is 3.89. The van der Waals surface area contributed by atoms with Crippen molar-refractivity contribution in [1.29, 1.82) is 0 Å². The van der Waals surface area contributed by atoms with Gasteiger partial charge in [-0.25, -0.2) is 9.78 Å². The Morgan fingerprint density at radius 1 is 1.56 bits per heavy atom. The molecule has 2 N–H and O–H groups in total. The number of hydrogen-bond donors (Lipinski definition) is 1. The van der Waals surface area contributed by atoms with Crippen LogP contribution in [0.25, 0.3) is 0 Å². The number of rotatable bonds is 1. The average Bonchev–Trinajstić information content (AvgIpc) is 2.18. The molecule has 8 heteroatoms. The van der Waals surface area contributed by atoms with Gasteiger partial charge in [0, 0.05) is 4.47 Å². The number of aromatic nitrogens is 1. The maximum absolute atomic E-state index is 12.4. The molecular formula is C8H6BrF3N2O2. The maximum Gasteiger partial charge on any atom is 0.434 e. The number of esters is 1.